The fourth-order valence-corrected chi connectivity index (χ4v) is 3.29. The van der Waals surface area contributed by atoms with Crippen molar-refractivity contribution in [2.75, 3.05) is 6.61 Å². The lowest BCUT2D eigenvalue weighted by Gasteiger charge is -2.43. The number of ether oxygens (including phenoxy) is 6. The van der Waals surface area contributed by atoms with Gasteiger partial charge in [0.15, 0.2) is 12.2 Å². The minimum Gasteiger partial charge on any atom is -0.475 e. The van der Waals surface area contributed by atoms with Gasteiger partial charge in [-0.2, -0.15) is 0 Å². The van der Waals surface area contributed by atoms with E-state index in [9.17, 15) is 33.5 Å². The van der Waals surface area contributed by atoms with E-state index in [4.69, 9.17) is 28.4 Å². The molecule has 1 heterocycles. The van der Waals surface area contributed by atoms with Crippen LogP contribution in [0.4, 0.5) is 4.39 Å². The summed E-state index contributed by atoms with van der Waals surface area (Å²) < 4.78 is 45.8. The Morgan fingerprint density at radius 3 is 1.94 bits per heavy atom. The second kappa shape index (κ2) is 12.6. The Labute approximate surface area is 204 Å². The Hall–Kier alpha value is -4.00. The van der Waals surface area contributed by atoms with E-state index in [0.717, 1.165) is 39.8 Å². The first-order valence-corrected chi connectivity index (χ1v) is 10.6. The van der Waals surface area contributed by atoms with Crippen LogP contribution in [0.25, 0.3) is 6.08 Å². The molecule has 0 aromatic heterocycles. The van der Waals surface area contributed by atoms with Gasteiger partial charge in [-0.25, -0.2) is 9.18 Å². The van der Waals surface area contributed by atoms with Gasteiger partial charge in [-0.15, -0.1) is 0 Å². The van der Waals surface area contributed by atoms with Gasteiger partial charge in [0.05, 0.1) is 0 Å². The molecule has 1 fully saturated rings. The zero-order valence-electron chi connectivity index (χ0n) is 19.8. The highest BCUT2D eigenvalue weighted by atomic mass is 19.1. The zero-order chi connectivity index (χ0) is 27.0. The minimum absolute atomic E-state index is 0.138. The maximum absolute atomic E-state index is 14.1. The Kier molecular flexibility index (Phi) is 9.91. The van der Waals surface area contributed by atoms with Crippen LogP contribution in [0.5, 0.6) is 0 Å². The molecule has 1 aliphatic heterocycles. The first-order valence-electron chi connectivity index (χ1n) is 10.6. The van der Waals surface area contributed by atoms with Crippen LogP contribution in [0, 0.1) is 5.82 Å². The summed E-state index contributed by atoms with van der Waals surface area (Å²) in [4.78, 5) is 58.7. The average molecular weight is 512 g/mol. The highest BCUT2D eigenvalue weighted by Gasteiger charge is 2.53. The summed E-state index contributed by atoms with van der Waals surface area (Å²) in [5.41, 5.74) is -0.138. The van der Waals surface area contributed by atoms with E-state index in [2.05, 4.69) is 0 Å². The number of carbonyl (C=O) groups excluding carboxylic acids is 4. The van der Waals surface area contributed by atoms with E-state index in [1.165, 1.54) is 18.2 Å². The second-order valence-electron chi connectivity index (χ2n) is 7.52. The average Bonchev–Trinajstić information content (AvgIpc) is 2.76. The molecule has 196 valence electrons. The van der Waals surface area contributed by atoms with Crippen molar-refractivity contribution in [1.82, 2.24) is 0 Å². The van der Waals surface area contributed by atoms with Crippen molar-refractivity contribution in [3.63, 3.8) is 0 Å². The highest BCUT2D eigenvalue weighted by molar-refractivity contribution is 5.90. The Morgan fingerprint density at radius 2 is 1.42 bits per heavy atom. The quantitative estimate of drug-likeness (QED) is 0.219. The lowest BCUT2D eigenvalue weighted by atomic mass is 9.98. The molecule has 1 aliphatic rings. The number of carboxylic acid groups (broad SMARTS) is 1. The predicted octanol–water partition coefficient (Wildman–Crippen LogP) is 1.35. The van der Waals surface area contributed by atoms with Crippen molar-refractivity contribution < 1.29 is 61.9 Å². The van der Waals surface area contributed by atoms with Crippen molar-refractivity contribution in [1.29, 1.82) is 0 Å². The Balaban J connectivity index is 2.55. The van der Waals surface area contributed by atoms with Gasteiger partial charge in [0.2, 0.25) is 18.2 Å². The van der Waals surface area contributed by atoms with Crippen LogP contribution in [0.15, 0.2) is 30.0 Å². The molecule has 0 saturated carbocycles. The van der Waals surface area contributed by atoms with Crippen LogP contribution >= 0.6 is 0 Å². The van der Waals surface area contributed by atoms with E-state index >= 15 is 0 Å². The molecule has 13 heteroatoms. The first kappa shape index (κ1) is 28.2. The number of hydrogen-bond donors (Lipinski definition) is 1. The van der Waals surface area contributed by atoms with Gasteiger partial charge in [-0.1, -0.05) is 18.2 Å². The third kappa shape index (κ3) is 8.05. The van der Waals surface area contributed by atoms with E-state index in [1.54, 1.807) is 0 Å². The molecule has 0 aliphatic carbocycles. The predicted molar refractivity (Wildman–Crippen MR) is 115 cm³/mol. The Bertz CT molecular complexity index is 1040. The smallest absolute Gasteiger partial charge is 0.371 e. The fourth-order valence-electron chi connectivity index (χ4n) is 3.29. The molecule has 0 bridgehead atoms. The molecule has 5 atom stereocenters. The standard InChI is InChI=1S/C23H25FO12/c1-11(25)31-10-18-19(32-12(2)26)20(33-13(3)27)21(34-14(4)28)23(36-18)35-17(22(29)30)9-15-7-5-6-8-16(15)24/h5-9,18-21,23H,10H2,1-4H3,(H,29,30)/b17-9-/t18-,19-,20+,21-,23-/m0/s1. The van der Waals surface area contributed by atoms with Crippen molar-refractivity contribution in [3.05, 3.63) is 41.4 Å². The number of carbonyl (C=O) groups is 5. The molecule has 0 unspecified atom stereocenters. The lowest BCUT2D eigenvalue weighted by Crippen LogP contribution is -2.63. The van der Waals surface area contributed by atoms with E-state index < -0.39 is 78.7 Å². The van der Waals surface area contributed by atoms with Crippen LogP contribution in [-0.2, 0) is 52.4 Å². The molecule has 0 spiro atoms. The number of carboxylic acids is 1. The largest absolute Gasteiger partial charge is 0.475 e. The first-order chi connectivity index (χ1) is 16.9. The SMILES string of the molecule is CC(=O)OC[C@@H]1O[C@H](O/C(=C\c2ccccc2F)C(=O)O)[C@@H](OC(C)=O)[C@H](OC(C)=O)[C@H]1OC(C)=O. The van der Waals surface area contributed by atoms with Crippen molar-refractivity contribution in [3.8, 4) is 0 Å². The number of esters is 4. The van der Waals surface area contributed by atoms with Crippen molar-refractivity contribution in [2.45, 2.75) is 58.4 Å². The van der Waals surface area contributed by atoms with Gasteiger partial charge in [-0.05, 0) is 12.1 Å². The number of halogens is 1. The fraction of sp³-hybridized carbons (Fsp3) is 0.435. The summed E-state index contributed by atoms with van der Waals surface area (Å²) in [6.45, 7) is 3.67. The van der Waals surface area contributed by atoms with Crippen LogP contribution in [0.1, 0.15) is 33.3 Å². The van der Waals surface area contributed by atoms with Gasteiger partial charge < -0.3 is 33.5 Å². The number of aliphatic carboxylic acids is 1. The van der Waals surface area contributed by atoms with Crippen molar-refractivity contribution >= 4 is 35.9 Å². The second-order valence-corrected chi connectivity index (χ2v) is 7.52. The van der Waals surface area contributed by atoms with Gasteiger partial charge in [0.1, 0.15) is 18.5 Å². The van der Waals surface area contributed by atoms with E-state index in [0.29, 0.717) is 0 Å². The molecule has 1 aromatic rings. The Morgan fingerprint density at radius 1 is 0.861 bits per heavy atom. The maximum atomic E-state index is 14.1. The molecule has 36 heavy (non-hydrogen) atoms. The summed E-state index contributed by atoms with van der Waals surface area (Å²) in [5, 5.41) is 9.65. The van der Waals surface area contributed by atoms with Crippen LogP contribution in [0.3, 0.4) is 0 Å². The van der Waals surface area contributed by atoms with Gasteiger partial charge in [-0.3, -0.25) is 19.2 Å². The van der Waals surface area contributed by atoms with Crippen LogP contribution < -0.4 is 0 Å². The molecule has 12 nitrogen and oxygen atoms in total. The molecular weight excluding hydrogens is 487 g/mol. The monoisotopic (exact) mass is 512 g/mol. The van der Waals surface area contributed by atoms with E-state index in [1.807, 2.05) is 0 Å². The van der Waals surface area contributed by atoms with Crippen LogP contribution in [-0.4, -0.2) is 72.3 Å². The molecule has 0 amide bonds. The molecule has 1 aromatic carbocycles. The zero-order valence-corrected chi connectivity index (χ0v) is 19.8. The molecule has 1 saturated heterocycles. The summed E-state index contributed by atoms with van der Waals surface area (Å²) in [7, 11) is 0. The number of benzene rings is 1. The highest BCUT2D eigenvalue weighted by Crippen LogP contribution is 2.31. The topological polar surface area (TPSA) is 161 Å². The third-order valence-corrected chi connectivity index (χ3v) is 4.59. The van der Waals surface area contributed by atoms with E-state index in [-0.39, 0.29) is 5.56 Å². The summed E-state index contributed by atoms with van der Waals surface area (Å²) in [5.74, 6) is -6.53. The lowest BCUT2D eigenvalue weighted by molar-refractivity contribution is -0.299. The normalized spacial score (nSPS) is 23.7. The molecule has 0 radical (unpaired) electrons. The summed E-state index contributed by atoms with van der Waals surface area (Å²) in [6.07, 6.45) is -6.90. The van der Waals surface area contributed by atoms with Gasteiger partial charge >= 0.3 is 29.8 Å². The third-order valence-electron chi connectivity index (χ3n) is 4.59. The number of rotatable bonds is 9. The minimum atomic E-state index is -1.78. The summed E-state index contributed by atoms with van der Waals surface area (Å²) in [6, 6.07) is 5.24. The number of hydrogen-bond acceptors (Lipinski definition) is 11. The van der Waals surface area contributed by atoms with Gasteiger partial charge in [0.25, 0.3) is 0 Å². The summed E-state index contributed by atoms with van der Waals surface area (Å²) >= 11 is 0. The molecule has 1 N–H and O–H groups in total. The van der Waals surface area contributed by atoms with Gasteiger partial charge in [0, 0.05) is 33.3 Å². The van der Waals surface area contributed by atoms with Crippen molar-refractivity contribution in [2.24, 2.45) is 0 Å². The molecular formula is C23H25FO12. The van der Waals surface area contributed by atoms with Crippen LogP contribution in [0.2, 0.25) is 0 Å². The maximum Gasteiger partial charge on any atom is 0.371 e. The molecule has 2 rings (SSSR count).